The Morgan fingerprint density at radius 3 is 2.43 bits per heavy atom. The quantitative estimate of drug-likeness (QED) is 0.224. The van der Waals surface area contributed by atoms with Gasteiger partial charge in [-0.1, -0.05) is 98.5 Å². The van der Waals surface area contributed by atoms with Gasteiger partial charge in [-0.3, -0.25) is 0 Å². The van der Waals surface area contributed by atoms with E-state index in [-0.39, 0.29) is 0 Å². The molecule has 2 saturated carbocycles. The average molecular weight is 564 g/mol. The molecule has 0 spiro atoms. The third-order valence-electron chi connectivity index (χ3n) is 10.8. The summed E-state index contributed by atoms with van der Waals surface area (Å²) in [6.07, 6.45) is 26.0. The Morgan fingerprint density at radius 2 is 1.76 bits per heavy atom. The van der Waals surface area contributed by atoms with E-state index in [1.807, 2.05) is 0 Å². The van der Waals surface area contributed by atoms with Gasteiger partial charge in [-0.05, 0) is 131 Å². The third kappa shape index (κ3) is 6.82. The minimum atomic E-state index is 0.519. The second kappa shape index (κ2) is 14.3. The highest BCUT2D eigenvalue weighted by Crippen LogP contribution is 2.50. The van der Waals surface area contributed by atoms with Gasteiger partial charge in [-0.25, -0.2) is 0 Å². The molecule has 1 nitrogen and oxygen atoms in total. The zero-order valence-electron chi connectivity index (χ0n) is 27.4. The number of unbranched alkanes of at least 4 members (excludes halogenated alkanes) is 1. The molecule has 1 aromatic rings. The summed E-state index contributed by atoms with van der Waals surface area (Å²) in [4.78, 5) is 2.97. The summed E-state index contributed by atoms with van der Waals surface area (Å²) in [7, 11) is 0. The molecular weight excluding hydrogens is 506 g/mol. The number of allylic oxidation sites excluding steroid dienone is 9. The first-order valence-electron chi connectivity index (χ1n) is 17.4. The molecule has 0 bridgehead atoms. The van der Waals surface area contributed by atoms with Crippen LogP contribution in [-0.2, 0) is 6.42 Å². The topological polar surface area (TPSA) is 3.24 Å². The first kappa shape index (κ1) is 30.9. The molecule has 5 rings (SSSR count). The molecule has 0 aromatic heterocycles. The van der Waals surface area contributed by atoms with Gasteiger partial charge in [-0.2, -0.15) is 0 Å². The van der Waals surface area contributed by atoms with E-state index in [9.17, 15) is 0 Å². The monoisotopic (exact) mass is 563 g/mol. The molecule has 0 saturated heterocycles. The van der Waals surface area contributed by atoms with Crippen LogP contribution in [0.1, 0.15) is 117 Å². The molecule has 1 aromatic carbocycles. The summed E-state index contributed by atoms with van der Waals surface area (Å²) in [5, 5.41) is 0. The molecule has 226 valence electrons. The highest BCUT2D eigenvalue weighted by Gasteiger charge is 2.41. The lowest BCUT2D eigenvalue weighted by atomic mass is 9.76. The minimum Gasteiger partial charge on any atom is -0.341 e. The van der Waals surface area contributed by atoms with Crippen LogP contribution in [0.15, 0.2) is 100 Å². The molecule has 3 aliphatic carbocycles. The van der Waals surface area contributed by atoms with Gasteiger partial charge in [0.1, 0.15) is 0 Å². The van der Waals surface area contributed by atoms with Crippen LogP contribution in [-0.4, -0.2) is 10.9 Å². The Bertz CT molecular complexity index is 1240. The predicted molar refractivity (Wildman–Crippen MR) is 182 cm³/mol. The van der Waals surface area contributed by atoms with Crippen LogP contribution < -0.4 is 0 Å². The number of nitrogens with zero attached hydrogens (tertiary/aromatic N) is 1. The molecule has 0 N–H and O–H groups in total. The van der Waals surface area contributed by atoms with E-state index in [0.29, 0.717) is 29.7 Å². The fourth-order valence-corrected chi connectivity index (χ4v) is 8.26. The Labute approximate surface area is 258 Å². The average Bonchev–Trinajstić information content (AvgIpc) is 3.11. The molecule has 0 amide bonds. The molecular formula is C41H57N. The Hall–Kier alpha value is -2.54. The van der Waals surface area contributed by atoms with Crippen molar-refractivity contribution in [1.82, 2.24) is 4.90 Å². The molecule has 1 aliphatic heterocycles. The van der Waals surface area contributed by atoms with Crippen molar-refractivity contribution in [1.29, 1.82) is 0 Å². The van der Waals surface area contributed by atoms with Gasteiger partial charge in [-0.15, -0.1) is 6.58 Å². The molecule has 2 unspecified atom stereocenters. The Kier molecular flexibility index (Phi) is 10.5. The zero-order chi connectivity index (χ0) is 29.6. The van der Waals surface area contributed by atoms with E-state index >= 15 is 0 Å². The maximum absolute atomic E-state index is 4.45. The van der Waals surface area contributed by atoms with Crippen LogP contribution in [0.25, 0.3) is 0 Å². The first-order chi connectivity index (χ1) is 20.4. The van der Waals surface area contributed by atoms with E-state index in [2.05, 4.69) is 101 Å². The summed E-state index contributed by atoms with van der Waals surface area (Å²) < 4.78 is 0. The second-order valence-corrected chi connectivity index (χ2v) is 14.1. The van der Waals surface area contributed by atoms with E-state index in [1.165, 1.54) is 81.8 Å². The third-order valence-corrected chi connectivity index (χ3v) is 10.8. The van der Waals surface area contributed by atoms with Crippen LogP contribution in [0.2, 0.25) is 0 Å². The molecule has 0 radical (unpaired) electrons. The van der Waals surface area contributed by atoms with Crippen LogP contribution in [0.5, 0.6) is 0 Å². The lowest BCUT2D eigenvalue weighted by Gasteiger charge is -2.48. The van der Waals surface area contributed by atoms with E-state index in [1.54, 1.807) is 33.7 Å². The van der Waals surface area contributed by atoms with Crippen molar-refractivity contribution in [3.05, 3.63) is 106 Å². The normalized spacial score (nSPS) is 30.8. The van der Waals surface area contributed by atoms with Crippen molar-refractivity contribution in [2.45, 2.75) is 124 Å². The fraction of sp³-hybridized carbons (Fsp3) is 0.561. The largest absolute Gasteiger partial charge is 0.341 e. The first-order valence-corrected chi connectivity index (χ1v) is 17.4. The van der Waals surface area contributed by atoms with Crippen molar-refractivity contribution in [2.75, 3.05) is 0 Å². The maximum atomic E-state index is 4.45. The van der Waals surface area contributed by atoms with Gasteiger partial charge in [0.25, 0.3) is 0 Å². The second-order valence-electron chi connectivity index (χ2n) is 14.1. The van der Waals surface area contributed by atoms with Crippen molar-refractivity contribution >= 4 is 0 Å². The van der Waals surface area contributed by atoms with Crippen molar-refractivity contribution < 1.29 is 0 Å². The van der Waals surface area contributed by atoms with Crippen molar-refractivity contribution in [2.24, 2.45) is 23.7 Å². The smallest absolute Gasteiger partial charge is 0.0519 e. The van der Waals surface area contributed by atoms with E-state index < -0.39 is 0 Å². The van der Waals surface area contributed by atoms with Crippen LogP contribution in [0, 0.1) is 23.7 Å². The highest BCUT2D eigenvalue weighted by atomic mass is 15.2. The zero-order valence-corrected chi connectivity index (χ0v) is 27.4. The standard InChI is InChI=1S/C41H57N/c1-7-10-12-20-38-31(6)22-21-29(4)25-39-34(9-3)28-40(35-18-15-19-35)42(41(38)39)37-24-30(5)23-36(33(8-2)27-37)26-32-16-13-11-14-17-32/h8,11-14,16-17,20,25,30,33-34,36-37H,2,7,9-10,15,18-19,21-24,26-28H2,1,3-6H3/b20-12-,29-25?,38-31-/t30-,33-,34?,36?,37+/m0/s1. The SMILES string of the molecule is C=C[C@H]1C[C@H](N2C(=C3CCC3)CC(CC)C3=C2C(/C=C\CCC)=C(/C)CCC(C)=C3)C[C@@H](C)CC1Cc1ccccc1. The van der Waals surface area contributed by atoms with Gasteiger partial charge in [0.15, 0.2) is 0 Å². The lowest BCUT2D eigenvalue weighted by Crippen LogP contribution is -2.42. The highest BCUT2D eigenvalue weighted by molar-refractivity contribution is 5.54. The summed E-state index contributed by atoms with van der Waals surface area (Å²) in [6.45, 7) is 16.5. The van der Waals surface area contributed by atoms with Gasteiger partial charge in [0.05, 0.1) is 5.70 Å². The number of hydrogen-bond acceptors (Lipinski definition) is 1. The summed E-state index contributed by atoms with van der Waals surface area (Å²) in [5.74, 6) is 2.51. The van der Waals surface area contributed by atoms with Crippen LogP contribution in [0.4, 0.5) is 0 Å². The lowest BCUT2D eigenvalue weighted by molar-refractivity contribution is 0.221. The number of hydrogen-bond donors (Lipinski definition) is 0. The van der Waals surface area contributed by atoms with Gasteiger partial charge < -0.3 is 4.90 Å². The Morgan fingerprint density at radius 1 is 0.976 bits per heavy atom. The molecule has 2 fully saturated rings. The van der Waals surface area contributed by atoms with Gasteiger partial charge in [0, 0.05) is 11.7 Å². The number of rotatable bonds is 8. The number of benzene rings is 1. The van der Waals surface area contributed by atoms with Gasteiger partial charge in [0.2, 0.25) is 0 Å². The fourth-order valence-electron chi connectivity index (χ4n) is 8.26. The predicted octanol–water partition coefficient (Wildman–Crippen LogP) is 11.7. The minimum absolute atomic E-state index is 0.519. The molecule has 5 atom stereocenters. The Balaban J connectivity index is 1.64. The molecule has 4 aliphatic rings. The van der Waals surface area contributed by atoms with Gasteiger partial charge >= 0.3 is 0 Å². The maximum Gasteiger partial charge on any atom is 0.0519 e. The van der Waals surface area contributed by atoms with E-state index in [0.717, 1.165) is 12.8 Å². The van der Waals surface area contributed by atoms with Crippen LogP contribution >= 0.6 is 0 Å². The van der Waals surface area contributed by atoms with Crippen molar-refractivity contribution in [3.63, 3.8) is 0 Å². The summed E-state index contributed by atoms with van der Waals surface area (Å²) in [6, 6.07) is 11.7. The molecule has 1 heterocycles. The van der Waals surface area contributed by atoms with Crippen LogP contribution in [0.3, 0.4) is 0 Å². The summed E-state index contributed by atoms with van der Waals surface area (Å²) >= 11 is 0. The van der Waals surface area contributed by atoms with Crippen molar-refractivity contribution in [3.8, 4) is 0 Å². The van der Waals surface area contributed by atoms with E-state index in [4.69, 9.17) is 0 Å². The summed E-state index contributed by atoms with van der Waals surface area (Å²) in [5.41, 5.74) is 12.8. The molecule has 42 heavy (non-hydrogen) atoms. The molecule has 1 heteroatoms.